The van der Waals surface area contributed by atoms with Gasteiger partial charge in [0.25, 0.3) is 0 Å². The van der Waals surface area contributed by atoms with Crippen LogP contribution in [0.1, 0.15) is 5.56 Å². The summed E-state index contributed by atoms with van der Waals surface area (Å²) in [6.45, 7) is 0. The molecule has 0 spiro atoms. The van der Waals surface area contributed by atoms with Crippen LogP contribution < -0.4 is 10.8 Å². The number of carbonyl (C=O) groups is 1. The van der Waals surface area contributed by atoms with E-state index in [1.165, 1.54) is 30.3 Å². The zero-order chi connectivity index (χ0) is 21.2. The predicted molar refractivity (Wildman–Crippen MR) is 109 cm³/mol. The molecule has 0 aliphatic carbocycles. The number of halogens is 1. The van der Waals surface area contributed by atoms with Crippen LogP contribution in [0, 0.1) is 5.41 Å². The van der Waals surface area contributed by atoms with Gasteiger partial charge in [-0.25, -0.2) is 13.4 Å². The molecule has 0 aliphatic heterocycles. The van der Waals surface area contributed by atoms with Crippen molar-refractivity contribution in [1.29, 1.82) is 5.41 Å². The number of aliphatic imine (C=N–C) groups is 1. The molecule has 0 saturated carbocycles. The quantitative estimate of drug-likeness (QED) is 0.244. The number of ketones is 1. The number of rotatable bonds is 5. The summed E-state index contributed by atoms with van der Waals surface area (Å²) < 4.78 is 26.3. The minimum Gasteiger partial charge on any atom is -0.872 e. The van der Waals surface area contributed by atoms with E-state index in [-0.39, 0.29) is 25.9 Å². The molecule has 29 heavy (non-hydrogen) atoms. The Morgan fingerprint density at radius 2 is 1.90 bits per heavy atom. The number of carbonyl (C=O) groups excluding carboxylic acids is 1. The molecule has 0 saturated heterocycles. The smallest absolute Gasteiger partial charge is 0.222 e. The van der Waals surface area contributed by atoms with Crippen molar-refractivity contribution in [3.8, 4) is 0 Å². The molecular weight excluding hydrogens is 416 g/mol. The van der Waals surface area contributed by atoms with E-state index in [2.05, 4.69) is 9.98 Å². The molecule has 0 unspecified atom stereocenters. The lowest BCUT2D eigenvalue weighted by Gasteiger charge is -2.14. The maximum Gasteiger partial charge on any atom is 0.222 e. The maximum atomic E-state index is 13.1. The van der Waals surface area contributed by atoms with Crippen molar-refractivity contribution >= 4 is 56.1 Å². The largest absolute Gasteiger partial charge is 0.872 e. The number of amidine groups is 1. The van der Waals surface area contributed by atoms with Crippen LogP contribution in [0.2, 0.25) is 5.02 Å². The van der Waals surface area contributed by atoms with Crippen molar-refractivity contribution in [2.75, 3.05) is 0 Å². The number of fused-ring (bicyclic) bond motifs is 1. The first-order chi connectivity index (χ1) is 13.8. The third-order valence-corrected chi connectivity index (χ3v) is 5.97. The number of aromatic amines is 1. The molecule has 0 radical (unpaired) electrons. The number of nitrogens with zero attached hydrogens (tertiary/aromatic N) is 1. The highest BCUT2D eigenvalue weighted by Gasteiger charge is 2.25. The molecule has 1 heterocycles. The first kappa shape index (κ1) is 20.3. The summed E-state index contributed by atoms with van der Waals surface area (Å²) in [6.07, 6.45) is 1.35. The lowest BCUT2D eigenvalue weighted by Crippen LogP contribution is -2.14. The monoisotopic (exact) mass is 429 g/mol. The van der Waals surface area contributed by atoms with E-state index in [9.17, 15) is 18.3 Å². The number of nitrogens with one attached hydrogen (secondary N) is 2. The highest BCUT2D eigenvalue weighted by molar-refractivity contribution is 7.91. The van der Waals surface area contributed by atoms with Gasteiger partial charge in [0.15, 0.2) is 5.84 Å². The highest BCUT2D eigenvalue weighted by atomic mass is 35.5. The summed E-state index contributed by atoms with van der Waals surface area (Å²) in [5.41, 5.74) is 5.15. The summed E-state index contributed by atoms with van der Waals surface area (Å²) in [7, 11) is -4.11. The maximum absolute atomic E-state index is 13.1. The number of nitrogens with two attached hydrogens (primary N) is 1. The third kappa shape index (κ3) is 3.91. The van der Waals surface area contributed by atoms with Crippen molar-refractivity contribution in [3.63, 3.8) is 0 Å². The van der Waals surface area contributed by atoms with Gasteiger partial charge < -0.3 is 15.8 Å². The predicted octanol–water partition coefficient (Wildman–Crippen LogP) is 1.89. The fourth-order valence-corrected chi connectivity index (χ4v) is 4.35. The Hall–Kier alpha value is -3.43. The van der Waals surface area contributed by atoms with Crippen molar-refractivity contribution in [1.82, 2.24) is 4.98 Å². The molecule has 0 aliphatic rings. The summed E-state index contributed by atoms with van der Waals surface area (Å²) in [4.78, 5) is 18.0. The van der Waals surface area contributed by atoms with Crippen LogP contribution in [-0.2, 0) is 14.6 Å². The van der Waals surface area contributed by atoms with Crippen molar-refractivity contribution < 1.29 is 18.3 Å². The van der Waals surface area contributed by atoms with Crippen molar-refractivity contribution in [2.24, 2.45) is 10.7 Å². The lowest BCUT2D eigenvalue weighted by atomic mass is 10.1. The average Bonchev–Trinajstić information content (AvgIpc) is 3.08. The van der Waals surface area contributed by atoms with E-state index in [1.807, 2.05) is 0 Å². The Balaban J connectivity index is 2.28. The molecule has 148 valence electrons. The van der Waals surface area contributed by atoms with E-state index in [0.29, 0.717) is 11.6 Å². The summed E-state index contributed by atoms with van der Waals surface area (Å²) in [5.74, 6) is -2.68. The molecule has 2 aromatic carbocycles. The van der Waals surface area contributed by atoms with Crippen LogP contribution in [0.4, 0.5) is 0 Å². The van der Waals surface area contributed by atoms with Crippen LogP contribution in [-0.4, -0.2) is 31.4 Å². The minimum absolute atomic E-state index is 0.0292. The third-order valence-electron chi connectivity index (χ3n) is 3.99. The van der Waals surface area contributed by atoms with Gasteiger partial charge in [-0.05, 0) is 36.4 Å². The van der Waals surface area contributed by atoms with Gasteiger partial charge in [0.1, 0.15) is 5.03 Å². The topological polar surface area (TPSA) is 152 Å². The molecule has 3 aromatic rings. The van der Waals surface area contributed by atoms with Gasteiger partial charge in [0, 0.05) is 21.5 Å². The summed E-state index contributed by atoms with van der Waals surface area (Å²) in [5, 5.41) is 20.5. The fourth-order valence-electron chi connectivity index (χ4n) is 2.70. The second-order valence-electron chi connectivity index (χ2n) is 5.84. The lowest BCUT2D eigenvalue weighted by molar-refractivity contribution is -0.244. The highest BCUT2D eigenvalue weighted by Crippen LogP contribution is 2.34. The average molecular weight is 430 g/mol. The molecule has 10 heteroatoms. The Morgan fingerprint density at radius 3 is 2.55 bits per heavy atom. The van der Waals surface area contributed by atoms with E-state index < -0.39 is 27.2 Å². The number of H-pyrrole nitrogens is 1. The van der Waals surface area contributed by atoms with E-state index in [1.54, 1.807) is 18.2 Å². The van der Waals surface area contributed by atoms with Crippen LogP contribution in [0.25, 0.3) is 16.7 Å². The second-order valence-corrected chi connectivity index (χ2v) is 8.16. The molecule has 3 rings (SSSR count). The molecule has 8 nitrogen and oxygen atoms in total. The first-order valence-corrected chi connectivity index (χ1v) is 9.99. The molecular formula is C19H14ClN4O4S-. The van der Waals surface area contributed by atoms with E-state index in [4.69, 9.17) is 22.7 Å². The van der Waals surface area contributed by atoms with E-state index >= 15 is 0 Å². The molecule has 0 amide bonds. The molecule has 4 N–H and O–H groups in total. The molecule has 0 fully saturated rings. The number of aromatic nitrogens is 1. The summed E-state index contributed by atoms with van der Waals surface area (Å²) >= 11 is 6.01. The van der Waals surface area contributed by atoms with Crippen molar-refractivity contribution in [3.05, 3.63) is 65.2 Å². The Morgan fingerprint density at radius 1 is 1.21 bits per heavy atom. The van der Waals surface area contributed by atoms with Gasteiger partial charge in [0.2, 0.25) is 15.6 Å². The van der Waals surface area contributed by atoms with Gasteiger partial charge in [-0.15, -0.1) is 0 Å². The van der Waals surface area contributed by atoms with Crippen LogP contribution in [0.3, 0.4) is 0 Å². The standard InChI is InChI=1S/C19H15ClN4O4S/c20-11-6-7-14-13(8-11)17(15(25)9-16(26)18(22)23-10-21)19(24-14)29(27,28)12-4-2-1-3-5-12/h1-10,24-25H,(H3,21,22,23)/p-1. The molecule has 0 bridgehead atoms. The van der Waals surface area contributed by atoms with Crippen LogP contribution >= 0.6 is 11.6 Å². The van der Waals surface area contributed by atoms with Crippen LogP contribution in [0.15, 0.2) is 69.5 Å². The van der Waals surface area contributed by atoms with Gasteiger partial charge in [-0.3, -0.25) is 10.2 Å². The Labute approximate surface area is 170 Å². The van der Waals surface area contributed by atoms with Gasteiger partial charge >= 0.3 is 0 Å². The van der Waals surface area contributed by atoms with Crippen LogP contribution in [0.5, 0.6) is 0 Å². The number of hydrogen-bond donors (Lipinski definition) is 3. The number of sulfone groups is 1. The zero-order valence-corrected chi connectivity index (χ0v) is 16.3. The Kier molecular flexibility index (Phi) is 5.53. The first-order valence-electron chi connectivity index (χ1n) is 8.13. The zero-order valence-electron chi connectivity index (χ0n) is 14.7. The van der Waals surface area contributed by atoms with E-state index in [0.717, 1.165) is 6.34 Å². The van der Waals surface area contributed by atoms with Gasteiger partial charge in [0.05, 0.1) is 11.2 Å². The van der Waals surface area contributed by atoms with Gasteiger partial charge in [-0.2, -0.15) is 0 Å². The Bertz CT molecular complexity index is 1280. The minimum atomic E-state index is -4.11. The fraction of sp³-hybridized carbons (Fsp3) is 0. The molecule has 1 aromatic heterocycles. The number of hydrogen-bond acceptors (Lipinski definition) is 5. The van der Waals surface area contributed by atoms with Crippen molar-refractivity contribution in [2.45, 2.75) is 9.92 Å². The SMILES string of the molecule is N=C(N=CN)C(=O)C=C([O-])c1c(S(=O)(=O)c2ccccc2)[nH]c2ccc(Cl)cc12. The number of benzene rings is 2. The summed E-state index contributed by atoms with van der Waals surface area (Å²) in [6, 6.07) is 12.0. The molecule has 0 atom stereocenters. The van der Waals surface area contributed by atoms with Gasteiger partial charge in [-0.1, -0.05) is 35.6 Å². The normalized spacial score (nSPS) is 12.5. The second kappa shape index (κ2) is 7.90.